The van der Waals surface area contributed by atoms with Crippen LogP contribution in [-0.4, -0.2) is 37.8 Å². The molecule has 0 aliphatic carbocycles. The number of amides is 2. The minimum Gasteiger partial charge on any atom is -0.434 e. The highest BCUT2D eigenvalue weighted by Gasteiger charge is 2.17. The molecule has 1 saturated heterocycles. The zero-order valence-electron chi connectivity index (χ0n) is 17.4. The summed E-state index contributed by atoms with van der Waals surface area (Å²) in [5, 5.41) is 5.68. The fourth-order valence-electron chi connectivity index (χ4n) is 3.18. The van der Waals surface area contributed by atoms with Crippen LogP contribution in [0.2, 0.25) is 0 Å². The maximum atomic E-state index is 12.4. The summed E-state index contributed by atoms with van der Waals surface area (Å²) < 4.78 is 15.0. The lowest BCUT2D eigenvalue weighted by atomic mass is 9.96. The quantitative estimate of drug-likeness (QED) is 0.507. The topological polar surface area (TPSA) is 103 Å². The summed E-state index contributed by atoms with van der Waals surface area (Å²) >= 11 is 0. The Balaban J connectivity index is 1.49. The molecule has 0 saturated carbocycles. The van der Waals surface area contributed by atoms with Gasteiger partial charge in [0.25, 0.3) is 5.91 Å². The average Bonchev–Trinajstić information content (AvgIpc) is 2.76. The summed E-state index contributed by atoms with van der Waals surface area (Å²) in [6.45, 7) is 3.33. The van der Waals surface area contributed by atoms with E-state index in [0.29, 0.717) is 42.5 Å². The van der Waals surface area contributed by atoms with Crippen LogP contribution < -0.4 is 15.4 Å². The smallest absolute Gasteiger partial charge is 0.434 e. The summed E-state index contributed by atoms with van der Waals surface area (Å²) in [7, 11) is 0. The van der Waals surface area contributed by atoms with Gasteiger partial charge in [0.2, 0.25) is 5.91 Å². The molecule has 2 aromatic rings. The van der Waals surface area contributed by atoms with Crippen LogP contribution in [-0.2, 0) is 14.3 Å². The van der Waals surface area contributed by atoms with E-state index in [2.05, 4.69) is 10.6 Å². The number of hydrogen-bond donors (Lipinski definition) is 2. The Morgan fingerprint density at radius 1 is 0.935 bits per heavy atom. The summed E-state index contributed by atoms with van der Waals surface area (Å²) in [4.78, 5) is 35.9. The molecule has 1 fully saturated rings. The van der Waals surface area contributed by atoms with Crippen molar-refractivity contribution in [3.8, 4) is 5.75 Å². The number of carbonyl (C=O) groups is 3. The zero-order valence-corrected chi connectivity index (χ0v) is 17.4. The van der Waals surface area contributed by atoms with Crippen molar-refractivity contribution in [2.75, 3.05) is 30.5 Å². The second-order valence-electron chi connectivity index (χ2n) is 7.15. The second-order valence-corrected chi connectivity index (χ2v) is 7.15. The van der Waals surface area contributed by atoms with Crippen molar-refractivity contribution in [2.24, 2.45) is 5.92 Å². The first-order chi connectivity index (χ1) is 15.0. The standard InChI is InChI=1S/C23H26N2O6/c1-2-30-23(28)31-20-9-3-17(4-10-20)22(27)25-19-7-5-18(6-8-19)24-21(26)15-16-11-13-29-14-12-16/h3-10,16H,2,11-15H2,1H3,(H,24,26)(H,25,27). The Morgan fingerprint density at radius 2 is 1.55 bits per heavy atom. The molecule has 164 valence electrons. The van der Waals surface area contributed by atoms with Gasteiger partial charge < -0.3 is 24.8 Å². The fraction of sp³-hybridized carbons (Fsp3) is 0.348. The third-order valence-corrected chi connectivity index (χ3v) is 4.82. The molecule has 0 unspecified atom stereocenters. The molecule has 8 nitrogen and oxygen atoms in total. The number of anilines is 2. The minimum atomic E-state index is -0.792. The maximum absolute atomic E-state index is 12.4. The number of rotatable bonds is 7. The van der Waals surface area contributed by atoms with Gasteiger partial charge in [0.1, 0.15) is 5.75 Å². The first kappa shape index (κ1) is 22.3. The van der Waals surface area contributed by atoms with Crippen LogP contribution in [0.25, 0.3) is 0 Å². The highest BCUT2D eigenvalue weighted by atomic mass is 16.7. The van der Waals surface area contributed by atoms with E-state index in [-0.39, 0.29) is 24.2 Å². The molecule has 0 bridgehead atoms. The van der Waals surface area contributed by atoms with Crippen molar-refractivity contribution in [1.29, 1.82) is 0 Å². The average molecular weight is 426 g/mol. The van der Waals surface area contributed by atoms with Crippen LogP contribution in [0.4, 0.5) is 16.2 Å². The number of ether oxygens (including phenoxy) is 3. The second kappa shape index (κ2) is 11.1. The number of hydrogen-bond acceptors (Lipinski definition) is 6. The zero-order chi connectivity index (χ0) is 22.1. The van der Waals surface area contributed by atoms with E-state index in [1.54, 1.807) is 43.3 Å². The minimum absolute atomic E-state index is 0.0196. The molecule has 1 aliphatic rings. The number of benzene rings is 2. The Bertz CT molecular complexity index is 889. The van der Waals surface area contributed by atoms with Crippen LogP contribution >= 0.6 is 0 Å². The molecule has 1 aliphatic heterocycles. The normalized spacial score (nSPS) is 13.8. The van der Waals surface area contributed by atoms with Gasteiger partial charge in [-0.3, -0.25) is 9.59 Å². The van der Waals surface area contributed by atoms with Gasteiger partial charge in [0.15, 0.2) is 0 Å². The third kappa shape index (κ3) is 7.11. The lowest BCUT2D eigenvalue weighted by molar-refractivity contribution is -0.117. The number of nitrogens with one attached hydrogen (secondary N) is 2. The van der Waals surface area contributed by atoms with Crippen molar-refractivity contribution in [1.82, 2.24) is 0 Å². The summed E-state index contributed by atoms with van der Waals surface area (Å²) in [6, 6.07) is 13.1. The van der Waals surface area contributed by atoms with Crippen molar-refractivity contribution in [2.45, 2.75) is 26.2 Å². The molecule has 0 spiro atoms. The summed E-state index contributed by atoms with van der Waals surface area (Å²) in [5.74, 6) is 0.324. The molecule has 2 aromatic carbocycles. The SMILES string of the molecule is CCOC(=O)Oc1ccc(C(=O)Nc2ccc(NC(=O)CC3CCOCC3)cc2)cc1. The largest absolute Gasteiger partial charge is 0.513 e. The van der Waals surface area contributed by atoms with E-state index in [1.807, 2.05) is 0 Å². The summed E-state index contributed by atoms with van der Waals surface area (Å²) in [6.07, 6.45) is 1.51. The maximum Gasteiger partial charge on any atom is 0.513 e. The van der Waals surface area contributed by atoms with Gasteiger partial charge in [0, 0.05) is 36.6 Å². The predicted octanol–water partition coefficient (Wildman–Crippen LogP) is 4.23. The Kier molecular flexibility index (Phi) is 8.00. The fourth-order valence-corrected chi connectivity index (χ4v) is 3.18. The molecule has 2 N–H and O–H groups in total. The van der Waals surface area contributed by atoms with E-state index < -0.39 is 6.16 Å². The van der Waals surface area contributed by atoms with Gasteiger partial charge in [-0.25, -0.2) is 4.79 Å². The van der Waals surface area contributed by atoms with Crippen LogP contribution in [0.3, 0.4) is 0 Å². The molecule has 2 amide bonds. The molecular formula is C23H26N2O6. The van der Waals surface area contributed by atoms with Crippen LogP contribution in [0.5, 0.6) is 5.75 Å². The van der Waals surface area contributed by atoms with E-state index >= 15 is 0 Å². The monoisotopic (exact) mass is 426 g/mol. The van der Waals surface area contributed by atoms with Crippen molar-refractivity contribution in [3.63, 3.8) is 0 Å². The molecule has 0 aromatic heterocycles. The van der Waals surface area contributed by atoms with E-state index in [1.165, 1.54) is 12.1 Å². The van der Waals surface area contributed by atoms with Gasteiger partial charge in [-0.1, -0.05) is 0 Å². The van der Waals surface area contributed by atoms with E-state index in [9.17, 15) is 14.4 Å². The number of carbonyl (C=O) groups excluding carboxylic acids is 3. The van der Waals surface area contributed by atoms with Crippen molar-refractivity contribution >= 4 is 29.3 Å². The highest BCUT2D eigenvalue weighted by molar-refractivity contribution is 6.04. The molecule has 31 heavy (non-hydrogen) atoms. The molecular weight excluding hydrogens is 400 g/mol. The lowest BCUT2D eigenvalue weighted by Gasteiger charge is -2.21. The Morgan fingerprint density at radius 3 is 2.16 bits per heavy atom. The first-order valence-corrected chi connectivity index (χ1v) is 10.3. The van der Waals surface area contributed by atoms with E-state index in [4.69, 9.17) is 14.2 Å². The van der Waals surface area contributed by atoms with Crippen LogP contribution in [0.1, 0.15) is 36.5 Å². The summed E-state index contributed by atoms with van der Waals surface area (Å²) in [5.41, 5.74) is 1.68. The molecule has 3 rings (SSSR count). The van der Waals surface area contributed by atoms with Gasteiger partial charge in [-0.05, 0) is 74.2 Å². The molecule has 8 heteroatoms. The van der Waals surface area contributed by atoms with Gasteiger partial charge in [-0.15, -0.1) is 0 Å². The lowest BCUT2D eigenvalue weighted by Crippen LogP contribution is -2.22. The van der Waals surface area contributed by atoms with Crippen LogP contribution in [0, 0.1) is 5.92 Å². The molecule has 0 radical (unpaired) electrons. The van der Waals surface area contributed by atoms with Crippen LogP contribution in [0.15, 0.2) is 48.5 Å². The van der Waals surface area contributed by atoms with Crippen molar-refractivity contribution < 1.29 is 28.6 Å². The Labute approximate surface area is 180 Å². The third-order valence-electron chi connectivity index (χ3n) is 4.82. The Hall–Kier alpha value is -3.39. The van der Waals surface area contributed by atoms with Crippen molar-refractivity contribution in [3.05, 3.63) is 54.1 Å². The van der Waals surface area contributed by atoms with Gasteiger partial charge >= 0.3 is 6.16 Å². The van der Waals surface area contributed by atoms with E-state index in [0.717, 1.165) is 12.8 Å². The highest BCUT2D eigenvalue weighted by Crippen LogP contribution is 2.20. The molecule has 1 heterocycles. The molecule has 0 atom stereocenters. The van der Waals surface area contributed by atoms with Gasteiger partial charge in [0.05, 0.1) is 6.61 Å². The van der Waals surface area contributed by atoms with Gasteiger partial charge in [-0.2, -0.15) is 0 Å². The predicted molar refractivity (Wildman–Crippen MR) is 115 cm³/mol. The first-order valence-electron chi connectivity index (χ1n) is 10.3.